The first-order valence-corrected chi connectivity index (χ1v) is 10.8. The number of aromatic nitrogens is 2. The molecule has 4 aromatic rings. The Morgan fingerprint density at radius 1 is 1.00 bits per heavy atom. The molecule has 5 rings (SSSR count). The van der Waals surface area contributed by atoms with Crippen LogP contribution in [-0.4, -0.2) is 32.3 Å². The van der Waals surface area contributed by atoms with Crippen molar-refractivity contribution < 1.29 is 23.2 Å². The van der Waals surface area contributed by atoms with Crippen LogP contribution >= 0.6 is 0 Å². The molecule has 9 heteroatoms. The van der Waals surface area contributed by atoms with Crippen LogP contribution in [-0.2, 0) is 26.1 Å². The maximum Gasteiger partial charge on any atom is 0.296 e. The molecule has 0 saturated carbocycles. The molecular formula is C25H21F3N4O2. The molecule has 3 heterocycles. The Morgan fingerprint density at radius 2 is 1.76 bits per heavy atom. The highest BCUT2D eigenvalue weighted by Gasteiger charge is 2.28. The van der Waals surface area contributed by atoms with E-state index < -0.39 is 17.5 Å². The van der Waals surface area contributed by atoms with Gasteiger partial charge >= 0.3 is 0 Å². The molecule has 0 fully saturated rings. The molecule has 0 unspecified atom stereocenters. The summed E-state index contributed by atoms with van der Waals surface area (Å²) < 4.78 is 42.1. The van der Waals surface area contributed by atoms with Gasteiger partial charge in [0.2, 0.25) is 0 Å². The summed E-state index contributed by atoms with van der Waals surface area (Å²) in [6.07, 6.45) is 4.00. The predicted molar refractivity (Wildman–Crippen MR) is 119 cm³/mol. The van der Waals surface area contributed by atoms with Gasteiger partial charge in [0.15, 0.2) is 11.6 Å². The first-order chi connectivity index (χ1) is 16.4. The Morgan fingerprint density at radius 3 is 2.53 bits per heavy atom. The van der Waals surface area contributed by atoms with E-state index >= 15 is 0 Å². The average Bonchev–Trinajstić information content (AvgIpc) is 3.17. The van der Waals surface area contributed by atoms with Crippen molar-refractivity contribution >= 4 is 16.8 Å². The molecule has 174 valence electrons. The molecule has 0 atom stereocenters. The van der Waals surface area contributed by atoms with Gasteiger partial charge in [0.1, 0.15) is 11.5 Å². The van der Waals surface area contributed by atoms with Gasteiger partial charge in [-0.25, -0.2) is 23.2 Å². The highest BCUT2D eigenvalue weighted by atomic mass is 19.2. The Balaban J connectivity index is 1.50. The average molecular weight is 466 g/mol. The summed E-state index contributed by atoms with van der Waals surface area (Å²) in [4.78, 5) is 16.8. The van der Waals surface area contributed by atoms with E-state index in [2.05, 4.69) is 10.3 Å². The molecule has 1 amide bonds. The van der Waals surface area contributed by atoms with Gasteiger partial charge in [0.05, 0.1) is 18.3 Å². The van der Waals surface area contributed by atoms with E-state index in [0.29, 0.717) is 36.7 Å². The fourth-order valence-electron chi connectivity index (χ4n) is 4.35. The molecule has 0 aliphatic carbocycles. The summed E-state index contributed by atoms with van der Waals surface area (Å²) in [7, 11) is 0. The van der Waals surface area contributed by atoms with Crippen molar-refractivity contribution in [1.82, 2.24) is 19.9 Å². The first-order valence-electron chi connectivity index (χ1n) is 10.8. The molecule has 0 spiro atoms. The molecule has 2 N–H and O–H groups in total. The SMILES string of the molecule is O=C1c2ncc3c(c(CNCc4ccc(F)c(F)c4)cn3Cc3ccc(F)cc3)c2CCN1O. The maximum atomic E-state index is 13.5. The van der Waals surface area contributed by atoms with Crippen molar-refractivity contribution in [3.05, 3.63) is 100 Å². The van der Waals surface area contributed by atoms with Crippen LogP contribution in [0.15, 0.2) is 54.9 Å². The zero-order valence-electron chi connectivity index (χ0n) is 18.1. The highest BCUT2D eigenvalue weighted by molar-refractivity contribution is 6.00. The molecule has 0 saturated heterocycles. The number of fused-ring (bicyclic) bond motifs is 3. The summed E-state index contributed by atoms with van der Waals surface area (Å²) in [6.45, 7) is 1.36. The van der Waals surface area contributed by atoms with Crippen LogP contribution in [0, 0.1) is 17.5 Å². The van der Waals surface area contributed by atoms with E-state index in [1.54, 1.807) is 18.3 Å². The van der Waals surface area contributed by atoms with Crippen molar-refractivity contribution in [3.8, 4) is 0 Å². The number of nitrogens with one attached hydrogen (secondary N) is 1. The van der Waals surface area contributed by atoms with Crippen LogP contribution in [0.2, 0.25) is 0 Å². The summed E-state index contributed by atoms with van der Waals surface area (Å²) in [5.41, 5.74) is 4.18. The molecule has 0 bridgehead atoms. The molecule has 1 aliphatic heterocycles. The summed E-state index contributed by atoms with van der Waals surface area (Å²) in [5.74, 6) is -2.65. The van der Waals surface area contributed by atoms with Crippen molar-refractivity contribution in [2.45, 2.75) is 26.1 Å². The smallest absolute Gasteiger partial charge is 0.296 e. The van der Waals surface area contributed by atoms with Crippen LogP contribution in [0.25, 0.3) is 10.9 Å². The highest BCUT2D eigenvalue weighted by Crippen LogP contribution is 2.30. The quantitative estimate of drug-likeness (QED) is 0.419. The molecule has 1 aliphatic rings. The van der Waals surface area contributed by atoms with E-state index in [-0.39, 0.29) is 18.1 Å². The lowest BCUT2D eigenvalue weighted by atomic mass is 9.99. The number of pyridine rings is 1. The zero-order valence-corrected chi connectivity index (χ0v) is 18.1. The lowest BCUT2D eigenvalue weighted by Gasteiger charge is -2.23. The number of nitrogens with zero attached hydrogens (tertiary/aromatic N) is 3. The molecule has 2 aromatic carbocycles. The van der Waals surface area contributed by atoms with Gasteiger partial charge in [-0.05, 0) is 52.9 Å². The van der Waals surface area contributed by atoms with Crippen LogP contribution in [0.4, 0.5) is 13.2 Å². The molecule has 34 heavy (non-hydrogen) atoms. The lowest BCUT2D eigenvalue weighted by Crippen LogP contribution is -2.35. The number of amides is 1. The zero-order chi connectivity index (χ0) is 23.8. The van der Waals surface area contributed by atoms with E-state index in [9.17, 15) is 23.2 Å². The number of rotatable bonds is 6. The molecule has 0 radical (unpaired) electrons. The van der Waals surface area contributed by atoms with Gasteiger partial charge < -0.3 is 9.88 Å². The maximum absolute atomic E-state index is 13.5. The fourth-order valence-corrected chi connectivity index (χ4v) is 4.35. The number of halogens is 3. The number of hydroxylamine groups is 2. The van der Waals surface area contributed by atoms with Gasteiger partial charge in [-0.1, -0.05) is 18.2 Å². The number of carbonyl (C=O) groups is 1. The molecule has 6 nitrogen and oxygen atoms in total. The monoisotopic (exact) mass is 466 g/mol. The number of benzene rings is 2. The third-order valence-electron chi connectivity index (χ3n) is 6.01. The van der Waals surface area contributed by atoms with E-state index in [1.807, 2.05) is 10.8 Å². The Kier molecular flexibility index (Phi) is 5.80. The Bertz CT molecular complexity index is 1390. The number of hydrogen-bond donors (Lipinski definition) is 2. The molecular weight excluding hydrogens is 445 g/mol. The van der Waals surface area contributed by atoms with Gasteiger partial charge in [0.25, 0.3) is 5.91 Å². The topological polar surface area (TPSA) is 70.4 Å². The first kappa shape index (κ1) is 22.1. The Hall–Kier alpha value is -3.69. The van der Waals surface area contributed by atoms with Gasteiger partial charge in [0, 0.05) is 31.2 Å². The second kappa shape index (κ2) is 8.92. The van der Waals surface area contributed by atoms with Crippen LogP contribution in [0.5, 0.6) is 0 Å². The van der Waals surface area contributed by atoms with E-state index in [1.165, 1.54) is 18.2 Å². The second-order valence-electron chi connectivity index (χ2n) is 8.28. The standard InChI is InChI=1S/C25H21F3N4O2/c26-18-4-1-15(2-5-18)13-31-14-17(11-29-10-16-3-6-20(27)21(28)9-16)23-19-7-8-32(34)25(33)24(19)30-12-22(23)31/h1-6,9,12,14,29,34H,7-8,10-11,13H2. The normalized spacial score (nSPS) is 13.5. The van der Waals surface area contributed by atoms with E-state index in [4.69, 9.17) is 0 Å². The predicted octanol–water partition coefficient (Wildman–Crippen LogP) is 4.18. The van der Waals surface area contributed by atoms with Crippen LogP contribution < -0.4 is 5.32 Å². The van der Waals surface area contributed by atoms with Crippen molar-refractivity contribution in [2.24, 2.45) is 0 Å². The summed E-state index contributed by atoms with van der Waals surface area (Å²) in [6, 6.07) is 9.99. The van der Waals surface area contributed by atoms with Crippen LogP contribution in [0.3, 0.4) is 0 Å². The molecule has 2 aromatic heterocycles. The minimum atomic E-state index is -0.901. The minimum Gasteiger partial charge on any atom is -0.341 e. The lowest BCUT2D eigenvalue weighted by molar-refractivity contribution is -0.0606. The minimum absolute atomic E-state index is 0.164. The number of hydrogen-bond acceptors (Lipinski definition) is 4. The van der Waals surface area contributed by atoms with Crippen LogP contribution in [0.1, 0.15) is 32.7 Å². The summed E-state index contributed by atoms with van der Waals surface area (Å²) >= 11 is 0. The fraction of sp³-hybridized carbons (Fsp3) is 0.200. The third kappa shape index (κ3) is 4.15. The van der Waals surface area contributed by atoms with Gasteiger partial charge in [-0.15, -0.1) is 0 Å². The Labute approximate surface area is 193 Å². The summed E-state index contributed by atoms with van der Waals surface area (Å²) in [5, 5.41) is 14.6. The van der Waals surface area contributed by atoms with Gasteiger partial charge in [-0.3, -0.25) is 10.0 Å². The largest absolute Gasteiger partial charge is 0.341 e. The second-order valence-corrected chi connectivity index (χ2v) is 8.28. The van der Waals surface area contributed by atoms with Crippen molar-refractivity contribution in [2.75, 3.05) is 6.54 Å². The third-order valence-corrected chi connectivity index (χ3v) is 6.01. The van der Waals surface area contributed by atoms with Gasteiger partial charge in [-0.2, -0.15) is 0 Å². The van der Waals surface area contributed by atoms with Crippen molar-refractivity contribution in [1.29, 1.82) is 0 Å². The van der Waals surface area contributed by atoms with E-state index in [0.717, 1.165) is 39.7 Å². The van der Waals surface area contributed by atoms with Crippen molar-refractivity contribution in [3.63, 3.8) is 0 Å². The number of carbonyl (C=O) groups excluding carboxylic acids is 1.